The standard InChI is InChI=1S/C18H20F2N2O/c1-23-17-8-3-2-7-16(17)22-11-9-21(10-12-22)13-14-5-4-6-15(19)18(14)20/h2-8H,9-13H2,1H3. The topological polar surface area (TPSA) is 15.7 Å². The number of anilines is 1. The van der Waals surface area contributed by atoms with Gasteiger partial charge in [0.2, 0.25) is 0 Å². The van der Waals surface area contributed by atoms with Crippen molar-refractivity contribution in [3.8, 4) is 5.75 Å². The summed E-state index contributed by atoms with van der Waals surface area (Å²) < 4.78 is 32.5. The minimum atomic E-state index is -0.782. The monoisotopic (exact) mass is 318 g/mol. The van der Waals surface area contributed by atoms with Crippen molar-refractivity contribution in [3.05, 3.63) is 59.7 Å². The summed E-state index contributed by atoms with van der Waals surface area (Å²) >= 11 is 0. The molecule has 1 aliphatic heterocycles. The number of halogens is 2. The van der Waals surface area contributed by atoms with Crippen LogP contribution in [0, 0.1) is 11.6 Å². The van der Waals surface area contributed by atoms with Crippen LogP contribution in [0.1, 0.15) is 5.56 Å². The number of rotatable bonds is 4. The van der Waals surface area contributed by atoms with Gasteiger partial charge in [-0.3, -0.25) is 4.90 Å². The van der Waals surface area contributed by atoms with Gasteiger partial charge in [-0.25, -0.2) is 8.78 Å². The van der Waals surface area contributed by atoms with E-state index in [1.807, 2.05) is 24.3 Å². The van der Waals surface area contributed by atoms with Gasteiger partial charge in [0.05, 0.1) is 12.8 Å². The first-order valence-electron chi connectivity index (χ1n) is 7.72. The van der Waals surface area contributed by atoms with E-state index in [0.717, 1.165) is 43.7 Å². The van der Waals surface area contributed by atoms with Gasteiger partial charge in [-0.15, -0.1) is 0 Å². The Hall–Kier alpha value is -2.14. The number of hydrogen-bond acceptors (Lipinski definition) is 3. The van der Waals surface area contributed by atoms with Crippen LogP contribution in [0.3, 0.4) is 0 Å². The Balaban J connectivity index is 1.63. The van der Waals surface area contributed by atoms with E-state index in [2.05, 4.69) is 9.80 Å². The van der Waals surface area contributed by atoms with E-state index < -0.39 is 11.6 Å². The second-order valence-corrected chi connectivity index (χ2v) is 5.65. The van der Waals surface area contributed by atoms with Crippen LogP contribution < -0.4 is 9.64 Å². The minimum Gasteiger partial charge on any atom is -0.495 e. The molecule has 122 valence electrons. The largest absolute Gasteiger partial charge is 0.495 e. The molecule has 1 aliphatic rings. The van der Waals surface area contributed by atoms with Gasteiger partial charge in [0.25, 0.3) is 0 Å². The van der Waals surface area contributed by atoms with E-state index in [1.54, 1.807) is 19.2 Å². The number of para-hydroxylation sites is 2. The van der Waals surface area contributed by atoms with E-state index in [1.165, 1.54) is 0 Å². The van der Waals surface area contributed by atoms with E-state index in [9.17, 15) is 8.78 Å². The molecule has 23 heavy (non-hydrogen) atoms. The zero-order valence-corrected chi connectivity index (χ0v) is 13.1. The van der Waals surface area contributed by atoms with Crippen LogP contribution in [0.15, 0.2) is 42.5 Å². The summed E-state index contributed by atoms with van der Waals surface area (Å²) in [4.78, 5) is 4.40. The summed E-state index contributed by atoms with van der Waals surface area (Å²) in [6, 6.07) is 12.3. The molecular formula is C18H20F2N2O. The first-order valence-corrected chi connectivity index (χ1v) is 7.72. The predicted molar refractivity (Wildman–Crippen MR) is 86.8 cm³/mol. The van der Waals surface area contributed by atoms with Crippen molar-refractivity contribution in [2.24, 2.45) is 0 Å². The summed E-state index contributed by atoms with van der Waals surface area (Å²) in [5.41, 5.74) is 1.49. The average molecular weight is 318 g/mol. The molecule has 3 nitrogen and oxygen atoms in total. The molecule has 3 rings (SSSR count). The van der Waals surface area contributed by atoms with Gasteiger partial charge in [-0.2, -0.15) is 0 Å². The lowest BCUT2D eigenvalue weighted by Crippen LogP contribution is -2.46. The Morgan fingerprint density at radius 1 is 0.957 bits per heavy atom. The first kappa shape index (κ1) is 15.7. The highest BCUT2D eigenvalue weighted by Gasteiger charge is 2.20. The van der Waals surface area contributed by atoms with E-state index in [4.69, 9.17) is 4.74 Å². The fourth-order valence-electron chi connectivity index (χ4n) is 2.95. The number of hydrogen-bond donors (Lipinski definition) is 0. The highest BCUT2D eigenvalue weighted by molar-refractivity contribution is 5.58. The number of nitrogens with zero attached hydrogens (tertiary/aromatic N) is 2. The molecule has 0 aromatic heterocycles. The number of piperazine rings is 1. The van der Waals surface area contributed by atoms with Gasteiger partial charge in [-0.1, -0.05) is 24.3 Å². The molecule has 2 aromatic rings. The van der Waals surface area contributed by atoms with Crippen molar-refractivity contribution in [2.75, 3.05) is 38.2 Å². The van der Waals surface area contributed by atoms with Gasteiger partial charge in [-0.05, 0) is 18.2 Å². The molecule has 0 unspecified atom stereocenters. The Bertz CT molecular complexity index is 670. The fraction of sp³-hybridized carbons (Fsp3) is 0.333. The van der Waals surface area contributed by atoms with Gasteiger partial charge < -0.3 is 9.64 Å². The van der Waals surface area contributed by atoms with E-state index in [-0.39, 0.29) is 0 Å². The predicted octanol–water partition coefficient (Wildman–Crippen LogP) is 3.30. The Kier molecular flexibility index (Phi) is 4.76. The fourth-order valence-corrected chi connectivity index (χ4v) is 2.95. The van der Waals surface area contributed by atoms with Crippen LogP contribution >= 0.6 is 0 Å². The van der Waals surface area contributed by atoms with Crippen LogP contribution in [0.25, 0.3) is 0 Å². The second kappa shape index (κ2) is 6.96. The SMILES string of the molecule is COc1ccccc1N1CCN(Cc2cccc(F)c2F)CC1. The molecule has 1 fully saturated rings. The molecule has 2 aromatic carbocycles. The molecule has 0 saturated carbocycles. The lowest BCUT2D eigenvalue weighted by molar-refractivity contribution is 0.245. The van der Waals surface area contributed by atoms with E-state index in [0.29, 0.717) is 12.1 Å². The molecule has 0 aliphatic carbocycles. The molecule has 0 radical (unpaired) electrons. The maximum atomic E-state index is 13.8. The maximum absolute atomic E-state index is 13.8. The Labute approximate surface area is 135 Å². The third-order valence-electron chi connectivity index (χ3n) is 4.22. The Morgan fingerprint density at radius 2 is 1.70 bits per heavy atom. The molecular weight excluding hydrogens is 298 g/mol. The van der Waals surface area contributed by atoms with Crippen LogP contribution in [-0.2, 0) is 6.54 Å². The molecule has 1 heterocycles. The zero-order chi connectivity index (χ0) is 16.2. The summed E-state index contributed by atoms with van der Waals surface area (Å²) in [7, 11) is 1.67. The van der Waals surface area contributed by atoms with Crippen molar-refractivity contribution in [3.63, 3.8) is 0 Å². The smallest absolute Gasteiger partial charge is 0.163 e. The molecule has 0 amide bonds. The molecule has 0 N–H and O–H groups in total. The highest BCUT2D eigenvalue weighted by Crippen LogP contribution is 2.28. The first-order chi connectivity index (χ1) is 11.2. The zero-order valence-electron chi connectivity index (χ0n) is 13.1. The van der Waals surface area contributed by atoms with Crippen molar-refractivity contribution in [1.82, 2.24) is 4.90 Å². The van der Waals surface area contributed by atoms with Crippen molar-refractivity contribution in [1.29, 1.82) is 0 Å². The highest BCUT2D eigenvalue weighted by atomic mass is 19.2. The third-order valence-corrected chi connectivity index (χ3v) is 4.22. The van der Waals surface area contributed by atoms with Gasteiger partial charge >= 0.3 is 0 Å². The number of benzene rings is 2. The van der Waals surface area contributed by atoms with Crippen molar-refractivity contribution < 1.29 is 13.5 Å². The van der Waals surface area contributed by atoms with Gasteiger partial charge in [0.1, 0.15) is 5.75 Å². The molecule has 1 saturated heterocycles. The Morgan fingerprint density at radius 3 is 2.43 bits per heavy atom. The summed E-state index contributed by atoms with van der Waals surface area (Å²) in [5.74, 6) is -0.660. The van der Waals surface area contributed by atoms with Crippen LogP contribution in [0.2, 0.25) is 0 Å². The van der Waals surface area contributed by atoms with Crippen molar-refractivity contribution >= 4 is 5.69 Å². The van der Waals surface area contributed by atoms with Crippen LogP contribution in [-0.4, -0.2) is 38.2 Å². The second-order valence-electron chi connectivity index (χ2n) is 5.65. The number of ether oxygens (including phenoxy) is 1. The number of methoxy groups -OCH3 is 1. The lowest BCUT2D eigenvalue weighted by atomic mass is 10.1. The molecule has 0 spiro atoms. The lowest BCUT2D eigenvalue weighted by Gasteiger charge is -2.36. The summed E-state index contributed by atoms with van der Waals surface area (Å²) in [5, 5.41) is 0. The molecule has 5 heteroatoms. The summed E-state index contributed by atoms with van der Waals surface area (Å²) in [6.07, 6.45) is 0. The van der Waals surface area contributed by atoms with Crippen LogP contribution in [0.4, 0.5) is 14.5 Å². The maximum Gasteiger partial charge on any atom is 0.163 e. The molecule has 0 bridgehead atoms. The van der Waals surface area contributed by atoms with Crippen molar-refractivity contribution in [2.45, 2.75) is 6.54 Å². The van der Waals surface area contributed by atoms with Gasteiger partial charge in [0.15, 0.2) is 11.6 Å². The molecule has 0 atom stereocenters. The normalized spacial score (nSPS) is 15.7. The van der Waals surface area contributed by atoms with Crippen LogP contribution in [0.5, 0.6) is 5.75 Å². The van der Waals surface area contributed by atoms with Gasteiger partial charge in [0, 0.05) is 38.3 Å². The summed E-state index contributed by atoms with van der Waals surface area (Å²) in [6.45, 7) is 3.69. The third kappa shape index (κ3) is 3.45. The average Bonchev–Trinajstić information content (AvgIpc) is 2.59. The quantitative estimate of drug-likeness (QED) is 0.860. The van der Waals surface area contributed by atoms with E-state index >= 15 is 0 Å². The minimum absolute atomic E-state index is 0.413.